The third kappa shape index (κ3) is 12.0. The van der Waals surface area contributed by atoms with E-state index in [1.54, 1.807) is 12.2 Å². The van der Waals surface area contributed by atoms with E-state index in [1.807, 2.05) is 12.2 Å². The summed E-state index contributed by atoms with van der Waals surface area (Å²) < 4.78 is 18.1. The Labute approximate surface area is 148 Å². The molecule has 0 fully saturated rings. The lowest BCUT2D eigenvalue weighted by Crippen LogP contribution is -2.14. The van der Waals surface area contributed by atoms with Crippen molar-refractivity contribution in [3.8, 4) is 5.75 Å². The Morgan fingerprint density at radius 1 is 1.08 bits per heavy atom. The minimum atomic E-state index is -0.722. The second-order valence-corrected chi connectivity index (χ2v) is 5.85. The number of rotatable bonds is 13. The van der Waals surface area contributed by atoms with Gasteiger partial charge in [0.25, 0.3) is 0 Å². The number of ether oxygens (including phenoxy) is 1. The van der Waals surface area contributed by atoms with E-state index in [9.17, 15) is 14.3 Å². The summed E-state index contributed by atoms with van der Waals surface area (Å²) in [6.07, 6.45) is 12.8. The van der Waals surface area contributed by atoms with Crippen LogP contribution in [0.1, 0.15) is 44.9 Å². The number of hydrogen-bond acceptors (Lipinski definition) is 3. The molecule has 0 aromatic heterocycles. The molecule has 0 radical (unpaired) electrons. The number of benzene rings is 1. The van der Waals surface area contributed by atoms with Crippen LogP contribution in [0.25, 0.3) is 0 Å². The van der Waals surface area contributed by atoms with E-state index in [4.69, 9.17) is 9.84 Å². The van der Waals surface area contributed by atoms with Gasteiger partial charge in [-0.05, 0) is 43.5 Å². The summed E-state index contributed by atoms with van der Waals surface area (Å²) in [5, 5.41) is 18.3. The Morgan fingerprint density at radius 3 is 2.48 bits per heavy atom. The molecule has 4 nitrogen and oxygen atoms in total. The van der Waals surface area contributed by atoms with E-state index in [2.05, 4.69) is 0 Å². The molecule has 1 rings (SSSR count). The first-order valence-corrected chi connectivity index (χ1v) is 8.69. The molecule has 0 aliphatic carbocycles. The number of allylic oxidation sites excluding steroid dienone is 3. The van der Waals surface area contributed by atoms with Crippen LogP contribution in [-0.4, -0.2) is 28.9 Å². The Bertz CT molecular complexity index is 537. The van der Waals surface area contributed by atoms with Gasteiger partial charge in [-0.3, -0.25) is 4.79 Å². The second kappa shape index (κ2) is 13.2. The van der Waals surface area contributed by atoms with Crippen LogP contribution >= 0.6 is 0 Å². The quantitative estimate of drug-likeness (QED) is 0.406. The average Bonchev–Trinajstić information content (AvgIpc) is 2.59. The molecule has 0 saturated heterocycles. The van der Waals surface area contributed by atoms with E-state index < -0.39 is 12.1 Å². The zero-order chi connectivity index (χ0) is 18.3. The predicted octanol–water partition coefficient (Wildman–Crippen LogP) is 4.49. The molecule has 0 aliphatic heterocycles. The van der Waals surface area contributed by atoms with Gasteiger partial charge >= 0.3 is 5.97 Å². The minimum Gasteiger partial charge on any atom is -0.491 e. The number of aliphatic carboxylic acids is 1. The summed E-state index contributed by atoms with van der Waals surface area (Å²) in [5.74, 6) is -0.522. The summed E-state index contributed by atoms with van der Waals surface area (Å²) in [5.41, 5.74) is 0. The van der Waals surface area contributed by atoms with Crippen LogP contribution in [-0.2, 0) is 4.79 Å². The van der Waals surface area contributed by atoms with Crippen LogP contribution in [0.5, 0.6) is 5.75 Å². The lowest BCUT2D eigenvalue weighted by molar-refractivity contribution is -0.137. The summed E-state index contributed by atoms with van der Waals surface area (Å²) in [4.78, 5) is 10.4. The van der Waals surface area contributed by atoms with E-state index in [0.717, 1.165) is 38.5 Å². The summed E-state index contributed by atoms with van der Waals surface area (Å²) >= 11 is 0. The van der Waals surface area contributed by atoms with E-state index in [-0.39, 0.29) is 18.8 Å². The van der Waals surface area contributed by atoms with Gasteiger partial charge in [-0.2, -0.15) is 0 Å². The molecule has 1 aromatic carbocycles. The monoisotopic (exact) mass is 350 g/mol. The molecule has 1 atom stereocenters. The molecule has 0 bridgehead atoms. The fourth-order valence-electron chi connectivity index (χ4n) is 2.20. The topological polar surface area (TPSA) is 66.8 Å². The van der Waals surface area contributed by atoms with Crippen molar-refractivity contribution in [2.75, 3.05) is 6.61 Å². The Morgan fingerprint density at radius 2 is 1.76 bits per heavy atom. The highest BCUT2D eigenvalue weighted by Gasteiger charge is 2.00. The molecule has 0 spiro atoms. The number of carboxylic acid groups (broad SMARTS) is 1. The van der Waals surface area contributed by atoms with Gasteiger partial charge in [-0.15, -0.1) is 0 Å². The van der Waals surface area contributed by atoms with Gasteiger partial charge in [0.15, 0.2) is 0 Å². The Kier molecular flexibility index (Phi) is 11.0. The van der Waals surface area contributed by atoms with Gasteiger partial charge in [0, 0.05) is 6.42 Å². The maximum Gasteiger partial charge on any atom is 0.303 e. The number of aliphatic hydroxyl groups is 1. The third-order valence-corrected chi connectivity index (χ3v) is 3.58. The largest absolute Gasteiger partial charge is 0.491 e. The highest BCUT2D eigenvalue weighted by atomic mass is 19.1. The van der Waals surface area contributed by atoms with Gasteiger partial charge in [0.05, 0.1) is 0 Å². The van der Waals surface area contributed by atoms with Gasteiger partial charge in [0.2, 0.25) is 0 Å². The minimum absolute atomic E-state index is 0.117. The standard InChI is InChI=1S/C20H27FO4/c21-17-12-14-19(15-13-17)25-16-18(22)10-8-6-4-2-1-3-5-7-9-11-20(23)24/h4,6,8,10,12-15,18,22H,1-3,5,7,9,11,16H2,(H,23,24)/b6-4-,10-8+/t18-/m1/s1. The summed E-state index contributed by atoms with van der Waals surface area (Å²) in [6, 6.07) is 5.67. The van der Waals surface area contributed by atoms with E-state index in [1.165, 1.54) is 24.3 Å². The first-order chi connectivity index (χ1) is 12.1. The highest BCUT2D eigenvalue weighted by Crippen LogP contribution is 2.11. The molecule has 1 aromatic rings. The zero-order valence-corrected chi connectivity index (χ0v) is 14.4. The maximum absolute atomic E-state index is 12.7. The number of halogens is 1. The Hall–Kier alpha value is -2.14. The van der Waals surface area contributed by atoms with Crippen molar-refractivity contribution in [1.82, 2.24) is 0 Å². The molecule has 0 amide bonds. The summed E-state index contributed by atoms with van der Waals surface area (Å²) in [7, 11) is 0. The molecule has 2 N–H and O–H groups in total. The van der Waals surface area contributed by atoms with Gasteiger partial charge in [0.1, 0.15) is 24.3 Å². The first kappa shape index (κ1) is 20.9. The van der Waals surface area contributed by atoms with Gasteiger partial charge in [-0.1, -0.05) is 43.6 Å². The number of carboxylic acids is 1. The summed E-state index contributed by atoms with van der Waals surface area (Å²) in [6.45, 7) is 0.117. The molecule has 0 unspecified atom stereocenters. The normalized spacial score (nSPS) is 12.7. The van der Waals surface area contributed by atoms with Crippen molar-refractivity contribution >= 4 is 5.97 Å². The van der Waals surface area contributed by atoms with Crippen LogP contribution in [0.15, 0.2) is 48.6 Å². The predicted molar refractivity (Wildman–Crippen MR) is 96.1 cm³/mol. The van der Waals surface area contributed by atoms with Crippen molar-refractivity contribution < 1.29 is 24.1 Å². The van der Waals surface area contributed by atoms with Crippen LogP contribution in [0.2, 0.25) is 0 Å². The number of aliphatic hydroxyl groups excluding tert-OH is 1. The van der Waals surface area contributed by atoms with E-state index >= 15 is 0 Å². The lowest BCUT2D eigenvalue weighted by Gasteiger charge is -2.08. The molecular weight excluding hydrogens is 323 g/mol. The van der Waals surface area contributed by atoms with Crippen molar-refractivity contribution in [2.24, 2.45) is 0 Å². The van der Waals surface area contributed by atoms with Crippen molar-refractivity contribution in [1.29, 1.82) is 0 Å². The van der Waals surface area contributed by atoms with Crippen LogP contribution < -0.4 is 4.74 Å². The molecule has 25 heavy (non-hydrogen) atoms. The third-order valence-electron chi connectivity index (χ3n) is 3.58. The number of unbranched alkanes of at least 4 members (excludes halogenated alkanes) is 5. The van der Waals surface area contributed by atoms with Gasteiger partial charge < -0.3 is 14.9 Å². The molecular formula is C20H27FO4. The zero-order valence-electron chi connectivity index (χ0n) is 14.4. The molecule has 5 heteroatoms. The Balaban J connectivity index is 2.02. The lowest BCUT2D eigenvalue weighted by atomic mass is 10.1. The SMILES string of the molecule is O=C(O)CCCCCCC/C=C\C=C\[C@@H](O)COc1ccc(F)cc1. The fraction of sp³-hybridized carbons (Fsp3) is 0.450. The highest BCUT2D eigenvalue weighted by molar-refractivity contribution is 5.66. The smallest absolute Gasteiger partial charge is 0.303 e. The molecule has 0 saturated carbocycles. The number of hydrogen-bond donors (Lipinski definition) is 2. The first-order valence-electron chi connectivity index (χ1n) is 8.69. The maximum atomic E-state index is 12.7. The molecule has 0 heterocycles. The van der Waals surface area contributed by atoms with Crippen LogP contribution in [0.3, 0.4) is 0 Å². The van der Waals surface area contributed by atoms with Crippen molar-refractivity contribution in [3.63, 3.8) is 0 Å². The fourth-order valence-corrected chi connectivity index (χ4v) is 2.20. The molecule has 0 aliphatic rings. The average molecular weight is 350 g/mol. The second-order valence-electron chi connectivity index (χ2n) is 5.85. The van der Waals surface area contributed by atoms with Crippen molar-refractivity contribution in [2.45, 2.75) is 51.0 Å². The number of carbonyl (C=O) groups is 1. The van der Waals surface area contributed by atoms with E-state index in [0.29, 0.717) is 5.75 Å². The van der Waals surface area contributed by atoms with Crippen LogP contribution in [0, 0.1) is 5.82 Å². The van der Waals surface area contributed by atoms with Crippen molar-refractivity contribution in [3.05, 3.63) is 54.4 Å². The van der Waals surface area contributed by atoms with Crippen LogP contribution in [0.4, 0.5) is 4.39 Å². The molecule has 138 valence electrons. The van der Waals surface area contributed by atoms with Gasteiger partial charge in [-0.25, -0.2) is 4.39 Å².